The van der Waals surface area contributed by atoms with Gasteiger partial charge in [0.2, 0.25) is 0 Å². The van der Waals surface area contributed by atoms with Crippen LogP contribution in [0.2, 0.25) is 0 Å². The van der Waals surface area contributed by atoms with Gasteiger partial charge in [0.05, 0.1) is 11.0 Å². The molecule has 5 aromatic rings. The van der Waals surface area contributed by atoms with E-state index in [2.05, 4.69) is 94.4 Å². The lowest BCUT2D eigenvalue weighted by Gasteiger charge is -2.07. The van der Waals surface area contributed by atoms with Gasteiger partial charge in [0.1, 0.15) is 6.33 Å². The van der Waals surface area contributed by atoms with E-state index in [0.29, 0.717) is 0 Å². The number of benzene rings is 3. The number of hydrogen-bond donors (Lipinski definition) is 1. The van der Waals surface area contributed by atoms with E-state index >= 15 is 0 Å². The van der Waals surface area contributed by atoms with Gasteiger partial charge in [-0.15, -0.1) is 0 Å². The molecule has 0 unspecified atom stereocenters. The fourth-order valence-electron chi connectivity index (χ4n) is 3.96. The summed E-state index contributed by atoms with van der Waals surface area (Å²) >= 11 is 0. The molecule has 0 spiro atoms. The van der Waals surface area contributed by atoms with Gasteiger partial charge in [0.15, 0.2) is 0 Å². The maximum atomic E-state index is 4.68. The van der Waals surface area contributed by atoms with Gasteiger partial charge in [-0.25, -0.2) is 4.98 Å². The second-order valence-corrected chi connectivity index (χ2v) is 7.32. The Bertz CT molecular complexity index is 1250. The third kappa shape index (κ3) is 2.99. The van der Waals surface area contributed by atoms with Gasteiger partial charge in [-0.05, 0) is 66.3 Å². The zero-order valence-electron chi connectivity index (χ0n) is 16.0. The molecule has 5 rings (SSSR count). The summed E-state index contributed by atoms with van der Waals surface area (Å²) in [4.78, 5) is 8.03. The molecule has 0 saturated heterocycles. The summed E-state index contributed by atoms with van der Waals surface area (Å²) in [6.07, 6.45) is 7.16. The molecule has 3 heteroatoms. The van der Waals surface area contributed by atoms with Crippen molar-refractivity contribution in [3.8, 4) is 5.69 Å². The number of aromatic nitrogens is 3. The van der Waals surface area contributed by atoms with Crippen LogP contribution in [0.5, 0.6) is 0 Å². The average Bonchev–Trinajstić information content (AvgIpc) is 3.36. The van der Waals surface area contributed by atoms with E-state index in [9.17, 15) is 0 Å². The number of aryl methyl sites for hydroxylation is 3. The fraction of sp³-hybridized carbons (Fsp3) is 0.160. The van der Waals surface area contributed by atoms with Crippen molar-refractivity contribution in [1.29, 1.82) is 0 Å². The standard InChI is InChI=1S/C25H23N3/c1-2-20-16-26-23-12-11-21(15-22(20)23)28-17-27-24-14-19(10-13-25(24)28)9-8-18-6-4-3-5-7-18/h3-7,10-17,26H,2,8-9H2,1H3. The number of nitrogens with one attached hydrogen (secondary N) is 1. The van der Waals surface area contributed by atoms with Crippen molar-refractivity contribution in [2.24, 2.45) is 0 Å². The van der Waals surface area contributed by atoms with Gasteiger partial charge in [-0.3, -0.25) is 4.57 Å². The minimum atomic E-state index is 1.03. The zero-order valence-corrected chi connectivity index (χ0v) is 16.0. The first-order chi connectivity index (χ1) is 13.8. The molecular formula is C25H23N3. The largest absolute Gasteiger partial charge is 0.361 e. The topological polar surface area (TPSA) is 33.6 Å². The molecule has 0 aliphatic heterocycles. The Morgan fingerprint density at radius 2 is 1.75 bits per heavy atom. The molecule has 2 aromatic heterocycles. The zero-order chi connectivity index (χ0) is 18.9. The second kappa shape index (κ2) is 7.01. The lowest BCUT2D eigenvalue weighted by Crippen LogP contribution is -1.93. The number of hydrogen-bond acceptors (Lipinski definition) is 1. The summed E-state index contributed by atoms with van der Waals surface area (Å²) < 4.78 is 2.18. The Labute approximate surface area is 164 Å². The van der Waals surface area contributed by atoms with Gasteiger partial charge >= 0.3 is 0 Å². The molecule has 2 heterocycles. The minimum absolute atomic E-state index is 1.03. The van der Waals surface area contributed by atoms with Gasteiger partial charge in [0, 0.05) is 22.8 Å². The van der Waals surface area contributed by atoms with Crippen LogP contribution in [0.15, 0.2) is 79.3 Å². The maximum absolute atomic E-state index is 4.68. The molecule has 0 aliphatic carbocycles. The van der Waals surface area contributed by atoms with E-state index < -0.39 is 0 Å². The van der Waals surface area contributed by atoms with E-state index in [-0.39, 0.29) is 0 Å². The van der Waals surface area contributed by atoms with Crippen LogP contribution in [0.3, 0.4) is 0 Å². The van der Waals surface area contributed by atoms with Crippen molar-refractivity contribution in [1.82, 2.24) is 14.5 Å². The van der Waals surface area contributed by atoms with Crippen LogP contribution in [0.1, 0.15) is 23.6 Å². The number of H-pyrrole nitrogens is 1. The van der Waals surface area contributed by atoms with Crippen LogP contribution in [-0.2, 0) is 19.3 Å². The Balaban J connectivity index is 1.46. The lowest BCUT2D eigenvalue weighted by molar-refractivity contribution is 0.962. The quantitative estimate of drug-likeness (QED) is 0.416. The molecule has 0 fully saturated rings. The van der Waals surface area contributed by atoms with Crippen LogP contribution < -0.4 is 0 Å². The van der Waals surface area contributed by atoms with Crippen LogP contribution >= 0.6 is 0 Å². The SMILES string of the molecule is CCc1c[nH]c2ccc(-n3cnc4cc(CCc5ccccc5)ccc43)cc12. The Morgan fingerprint density at radius 3 is 2.61 bits per heavy atom. The minimum Gasteiger partial charge on any atom is -0.361 e. The van der Waals surface area contributed by atoms with Crippen molar-refractivity contribution in [3.63, 3.8) is 0 Å². The normalized spacial score (nSPS) is 11.5. The van der Waals surface area contributed by atoms with E-state index in [4.69, 9.17) is 0 Å². The summed E-state index contributed by atoms with van der Waals surface area (Å²) in [5.74, 6) is 0. The highest BCUT2D eigenvalue weighted by Gasteiger charge is 2.09. The van der Waals surface area contributed by atoms with Crippen molar-refractivity contribution in [3.05, 3.63) is 95.9 Å². The molecule has 0 atom stereocenters. The third-order valence-corrected chi connectivity index (χ3v) is 5.57. The summed E-state index contributed by atoms with van der Waals surface area (Å²) in [6, 6.07) is 23.9. The van der Waals surface area contributed by atoms with E-state index in [1.165, 1.54) is 27.6 Å². The maximum Gasteiger partial charge on any atom is 0.100 e. The molecule has 3 nitrogen and oxygen atoms in total. The highest BCUT2D eigenvalue weighted by Crippen LogP contribution is 2.25. The van der Waals surface area contributed by atoms with Crippen LogP contribution in [0.4, 0.5) is 0 Å². The fourth-order valence-corrected chi connectivity index (χ4v) is 3.96. The smallest absolute Gasteiger partial charge is 0.100 e. The molecule has 0 amide bonds. The second-order valence-electron chi connectivity index (χ2n) is 7.32. The molecule has 0 aliphatic rings. The Kier molecular flexibility index (Phi) is 4.21. The molecule has 1 N–H and O–H groups in total. The monoisotopic (exact) mass is 365 g/mol. The molecular weight excluding hydrogens is 342 g/mol. The first-order valence-corrected chi connectivity index (χ1v) is 9.92. The number of fused-ring (bicyclic) bond motifs is 2. The molecule has 0 radical (unpaired) electrons. The summed E-state index contributed by atoms with van der Waals surface area (Å²) in [5.41, 5.74) is 8.60. The summed E-state index contributed by atoms with van der Waals surface area (Å²) in [6.45, 7) is 2.19. The van der Waals surface area contributed by atoms with Crippen LogP contribution in [-0.4, -0.2) is 14.5 Å². The van der Waals surface area contributed by atoms with Crippen molar-refractivity contribution in [2.75, 3.05) is 0 Å². The van der Waals surface area contributed by atoms with Gasteiger partial charge in [-0.1, -0.05) is 43.3 Å². The van der Waals surface area contributed by atoms with E-state index in [0.717, 1.165) is 36.0 Å². The number of aromatic amines is 1. The summed E-state index contributed by atoms with van der Waals surface area (Å²) in [7, 11) is 0. The van der Waals surface area contributed by atoms with Crippen LogP contribution in [0, 0.1) is 0 Å². The number of rotatable bonds is 5. The number of nitrogens with zero attached hydrogens (tertiary/aromatic N) is 2. The molecule has 0 bridgehead atoms. The lowest BCUT2D eigenvalue weighted by atomic mass is 10.0. The van der Waals surface area contributed by atoms with E-state index in [1.807, 2.05) is 6.33 Å². The predicted octanol–water partition coefficient (Wildman–Crippen LogP) is 5.85. The van der Waals surface area contributed by atoms with Crippen molar-refractivity contribution >= 4 is 21.9 Å². The molecule has 0 saturated carbocycles. The van der Waals surface area contributed by atoms with Crippen LogP contribution in [0.25, 0.3) is 27.6 Å². The first kappa shape index (κ1) is 16.8. The van der Waals surface area contributed by atoms with Gasteiger partial charge in [0.25, 0.3) is 0 Å². The van der Waals surface area contributed by atoms with Crippen molar-refractivity contribution in [2.45, 2.75) is 26.2 Å². The Morgan fingerprint density at radius 1 is 0.893 bits per heavy atom. The van der Waals surface area contributed by atoms with Gasteiger partial charge in [-0.2, -0.15) is 0 Å². The predicted molar refractivity (Wildman–Crippen MR) is 116 cm³/mol. The number of imidazole rings is 1. The third-order valence-electron chi connectivity index (χ3n) is 5.57. The molecule has 28 heavy (non-hydrogen) atoms. The first-order valence-electron chi connectivity index (χ1n) is 9.92. The van der Waals surface area contributed by atoms with E-state index in [1.54, 1.807) is 0 Å². The molecule has 3 aromatic carbocycles. The Hall–Kier alpha value is -3.33. The highest BCUT2D eigenvalue weighted by molar-refractivity contribution is 5.86. The summed E-state index contributed by atoms with van der Waals surface area (Å²) in [5, 5.41) is 1.29. The van der Waals surface area contributed by atoms with Crippen molar-refractivity contribution < 1.29 is 0 Å². The van der Waals surface area contributed by atoms with Gasteiger partial charge < -0.3 is 4.98 Å². The highest BCUT2D eigenvalue weighted by atomic mass is 15.0. The average molecular weight is 365 g/mol. The molecule has 138 valence electrons.